The van der Waals surface area contributed by atoms with Gasteiger partial charge in [0.25, 0.3) is 0 Å². The van der Waals surface area contributed by atoms with E-state index in [4.69, 9.17) is 0 Å². The number of nitrogens with zero attached hydrogens (tertiary/aromatic N) is 1. The summed E-state index contributed by atoms with van der Waals surface area (Å²) in [6.07, 6.45) is 0. The van der Waals surface area contributed by atoms with Crippen LogP contribution in [0.2, 0.25) is 0 Å². The highest BCUT2D eigenvalue weighted by molar-refractivity contribution is 9.10. The average molecular weight is 815 g/mol. The summed E-state index contributed by atoms with van der Waals surface area (Å²) in [4.78, 5) is 0. The predicted octanol–water partition coefficient (Wildman–Crippen LogP) is 15.5. The fourth-order valence-corrected chi connectivity index (χ4v) is 10.6. The van der Waals surface area contributed by atoms with Crippen LogP contribution < -0.4 is 0 Å². The third-order valence-electron chi connectivity index (χ3n) is 12.7. The second-order valence-electron chi connectivity index (χ2n) is 15.7. The molecule has 0 unspecified atom stereocenters. The molecule has 1 heterocycles. The van der Waals surface area contributed by atoms with Gasteiger partial charge >= 0.3 is 0 Å². The van der Waals surface area contributed by atoms with E-state index in [0.717, 1.165) is 10.2 Å². The van der Waals surface area contributed by atoms with Crippen LogP contribution >= 0.6 is 15.9 Å². The minimum absolute atomic E-state index is 0.493. The van der Waals surface area contributed by atoms with Crippen LogP contribution in [0.15, 0.2) is 223 Å². The van der Waals surface area contributed by atoms with Crippen LogP contribution in [-0.4, -0.2) is 4.57 Å². The third-order valence-corrected chi connectivity index (χ3v) is 13.2. The molecular weight excluding hydrogens is 779 g/mol. The van der Waals surface area contributed by atoms with Gasteiger partial charge in [0.2, 0.25) is 0 Å². The van der Waals surface area contributed by atoms with Crippen molar-refractivity contribution in [2.24, 2.45) is 0 Å². The molecule has 0 aliphatic heterocycles. The van der Waals surface area contributed by atoms with Crippen LogP contribution in [0.1, 0.15) is 22.3 Å². The molecule has 0 amide bonds. The van der Waals surface area contributed by atoms with Crippen molar-refractivity contribution in [3.8, 4) is 39.1 Å². The number of hydrogen-bond acceptors (Lipinski definition) is 0. The van der Waals surface area contributed by atoms with Crippen LogP contribution in [0.25, 0.3) is 82.4 Å². The van der Waals surface area contributed by atoms with Gasteiger partial charge in [-0.25, -0.2) is 0 Å². The highest BCUT2D eigenvalue weighted by atomic mass is 79.9. The molecule has 0 spiro atoms. The molecule has 0 atom stereocenters. The largest absolute Gasteiger partial charge is 0.309 e. The van der Waals surface area contributed by atoms with Crippen LogP contribution in [0.5, 0.6) is 0 Å². The SMILES string of the molecule is Brc1cccc(-c2ccccc2-c2ccc3c4ccc5ccccc5c4n(-c4ccc5c(c4)-c4c(ccc6ccccc46)C5(c4ccccc4)c4ccccc4)c3c2)c1. The van der Waals surface area contributed by atoms with E-state index in [1.54, 1.807) is 0 Å². The summed E-state index contributed by atoms with van der Waals surface area (Å²) in [5.74, 6) is 0. The molecule has 12 rings (SSSR count). The summed E-state index contributed by atoms with van der Waals surface area (Å²) in [6.45, 7) is 0. The van der Waals surface area contributed by atoms with Crippen LogP contribution in [-0.2, 0) is 5.41 Å². The zero-order chi connectivity index (χ0) is 39.1. The molecule has 276 valence electrons. The fourth-order valence-electron chi connectivity index (χ4n) is 10.2. The van der Waals surface area contributed by atoms with Gasteiger partial charge in [0.05, 0.1) is 16.4 Å². The number of halogens is 1. The summed E-state index contributed by atoms with van der Waals surface area (Å²) < 4.78 is 3.61. The Labute approximate surface area is 351 Å². The quantitative estimate of drug-likeness (QED) is 0.163. The lowest BCUT2D eigenvalue weighted by atomic mass is 9.67. The molecule has 10 aromatic carbocycles. The van der Waals surface area contributed by atoms with E-state index in [1.165, 1.54) is 99.0 Å². The molecule has 2 heteroatoms. The smallest absolute Gasteiger partial charge is 0.0713 e. The first-order valence-electron chi connectivity index (χ1n) is 20.3. The Hall–Kier alpha value is -7.00. The van der Waals surface area contributed by atoms with Gasteiger partial charge in [-0.1, -0.05) is 204 Å². The van der Waals surface area contributed by atoms with Crippen molar-refractivity contribution < 1.29 is 0 Å². The van der Waals surface area contributed by atoms with Crippen molar-refractivity contribution in [3.05, 3.63) is 245 Å². The average Bonchev–Trinajstić information content (AvgIpc) is 3.80. The van der Waals surface area contributed by atoms with Gasteiger partial charge in [-0.15, -0.1) is 0 Å². The number of rotatable bonds is 5. The van der Waals surface area contributed by atoms with Gasteiger partial charge < -0.3 is 4.57 Å². The highest BCUT2D eigenvalue weighted by Gasteiger charge is 2.46. The third kappa shape index (κ3) is 5.03. The Balaban J connectivity index is 1.19. The normalized spacial score (nSPS) is 13.0. The lowest BCUT2D eigenvalue weighted by Crippen LogP contribution is -2.28. The maximum atomic E-state index is 3.72. The van der Waals surface area contributed by atoms with Crippen molar-refractivity contribution in [1.82, 2.24) is 4.57 Å². The van der Waals surface area contributed by atoms with Gasteiger partial charge in [0.15, 0.2) is 0 Å². The van der Waals surface area contributed by atoms with E-state index < -0.39 is 5.41 Å². The highest BCUT2D eigenvalue weighted by Crippen LogP contribution is 2.58. The molecule has 1 aromatic heterocycles. The Bertz CT molecular complexity index is 3410. The van der Waals surface area contributed by atoms with Crippen molar-refractivity contribution in [1.29, 1.82) is 0 Å². The lowest BCUT2D eigenvalue weighted by Gasteiger charge is -2.34. The van der Waals surface area contributed by atoms with Crippen LogP contribution in [0, 0.1) is 0 Å². The fraction of sp³-hybridized carbons (Fsp3) is 0.0175. The van der Waals surface area contributed by atoms with Crippen molar-refractivity contribution in [2.45, 2.75) is 5.41 Å². The molecular formula is C57H36BrN. The number of aromatic nitrogens is 1. The Morgan fingerprint density at radius 3 is 1.69 bits per heavy atom. The van der Waals surface area contributed by atoms with Gasteiger partial charge in [0, 0.05) is 26.3 Å². The molecule has 1 nitrogen and oxygen atoms in total. The van der Waals surface area contributed by atoms with Crippen molar-refractivity contribution in [2.75, 3.05) is 0 Å². The summed E-state index contributed by atoms with van der Waals surface area (Å²) in [5, 5.41) is 7.48. The Morgan fingerprint density at radius 2 is 0.966 bits per heavy atom. The van der Waals surface area contributed by atoms with E-state index in [9.17, 15) is 0 Å². The van der Waals surface area contributed by atoms with E-state index in [0.29, 0.717) is 0 Å². The number of fused-ring (bicyclic) bond motifs is 10. The second kappa shape index (κ2) is 13.3. The standard InChI is InChI=1S/C57H36BrN/c58-43-21-13-16-39(34-43)45-22-11-12-23-46(45)40-27-30-49-50-31-26-38-15-8-10-25-48(38)56(50)59(54(49)35-40)44-29-33-52-51(36-44)55-47-24-9-7-14-37(47)28-32-53(55)57(52,41-17-3-1-4-18-41)42-19-5-2-6-20-42/h1-36H. The predicted molar refractivity (Wildman–Crippen MR) is 252 cm³/mol. The first kappa shape index (κ1) is 34.1. The first-order chi connectivity index (χ1) is 29.2. The Kier molecular flexibility index (Phi) is 7.67. The van der Waals surface area contributed by atoms with Gasteiger partial charge in [-0.2, -0.15) is 0 Å². The topological polar surface area (TPSA) is 4.93 Å². The van der Waals surface area contributed by atoms with E-state index >= 15 is 0 Å². The number of hydrogen-bond donors (Lipinski definition) is 0. The zero-order valence-corrected chi connectivity index (χ0v) is 33.7. The van der Waals surface area contributed by atoms with E-state index in [1.807, 2.05) is 0 Å². The summed E-state index contributed by atoms with van der Waals surface area (Å²) in [7, 11) is 0. The van der Waals surface area contributed by atoms with Crippen molar-refractivity contribution >= 4 is 59.3 Å². The van der Waals surface area contributed by atoms with Gasteiger partial charge in [-0.05, 0) is 102 Å². The molecule has 0 saturated heterocycles. The van der Waals surface area contributed by atoms with E-state index in [2.05, 4.69) is 239 Å². The Morgan fingerprint density at radius 1 is 0.373 bits per heavy atom. The second-order valence-corrected chi connectivity index (χ2v) is 16.6. The van der Waals surface area contributed by atoms with Gasteiger partial charge in [0.1, 0.15) is 0 Å². The summed E-state index contributed by atoms with van der Waals surface area (Å²) in [6, 6.07) is 80.9. The summed E-state index contributed by atoms with van der Waals surface area (Å²) in [5.41, 5.74) is 15.6. The molecule has 1 aliphatic carbocycles. The van der Waals surface area contributed by atoms with E-state index in [-0.39, 0.29) is 0 Å². The monoisotopic (exact) mass is 813 g/mol. The minimum atomic E-state index is -0.493. The molecule has 1 aliphatic rings. The minimum Gasteiger partial charge on any atom is -0.309 e. The molecule has 0 radical (unpaired) electrons. The maximum absolute atomic E-state index is 3.72. The molecule has 0 saturated carbocycles. The zero-order valence-electron chi connectivity index (χ0n) is 32.1. The van der Waals surface area contributed by atoms with Crippen LogP contribution in [0.4, 0.5) is 0 Å². The molecule has 0 fully saturated rings. The first-order valence-corrected chi connectivity index (χ1v) is 21.1. The molecule has 0 N–H and O–H groups in total. The molecule has 11 aromatic rings. The molecule has 59 heavy (non-hydrogen) atoms. The van der Waals surface area contributed by atoms with Crippen LogP contribution in [0.3, 0.4) is 0 Å². The molecule has 0 bridgehead atoms. The van der Waals surface area contributed by atoms with Crippen molar-refractivity contribution in [3.63, 3.8) is 0 Å². The maximum Gasteiger partial charge on any atom is 0.0713 e. The lowest BCUT2D eigenvalue weighted by molar-refractivity contribution is 0.769. The van der Waals surface area contributed by atoms with Gasteiger partial charge in [-0.3, -0.25) is 0 Å². The number of benzene rings is 10. The summed E-state index contributed by atoms with van der Waals surface area (Å²) >= 11 is 3.72.